The molecule has 0 spiro atoms. The summed E-state index contributed by atoms with van der Waals surface area (Å²) < 4.78 is 0. The molecule has 4 nitrogen and oxygen atoms in total. The van der Waals surface area contributed by atoms with Crippen molar-refractivity contribution in [3.05, 3.63) is 0 Å². The van der Waals surface area contributed by atoms with Crippen molar-refractivity contribution >= 4 is 5.91 Å². The highest BCUT2D eigenvalue weighted by atomic mass is 16.2. The summed E-state index contributed by atoms with van der Waals surface area (Å²) in [7, 11) is 2.05. The Labute approximate surface area is 79.4 Å². The lowest BCUT2D eigenvalue weighted by atomic mass is 10.3. The zero-order chi connectivity index (χ0) is 9.84. The quantitative estimate of drug-likeness (QED) is 0.359. The fourth-order valence-electron chi connectivity index (χ4n) is 1.51. The molecule has 0 radical (unpaired) electrons. The fraction of sp³-hybridized carbons (Fsp3) is 0.889. The second kappa shape index (κ2) is 4.58. The summed E-state index contributed by atoms with van der Waals surface area (Å²) in [6, 6.07) is 0. The van der Waals surface area contributed by atoms with Crippen molar-refractivity contribution in [3.8, 4) is 0 Å². The molecular weight excluding hydrogens is 166 g/mol. The molecule has 0 aromatic carbocycles. The second-order valence-corrected chi connectivity index (χ2v) is 4.05. The molecule has 13 heavy (non-hydrogen) atoms. The van der Waals surface area contributed by atoms with Gasteiger partial charge in [0.1, 0.15) is 0 Å². The van der Waals surface area contributed by atoms with Gasteiger partial charge in [-0.05, 0) is 25.3 Å². The van der Waals surface area contributed by atoms with E-state index in [1.54, 1.807) is 0 Å². The van der Waals surface area contributed by atoms with E-state index in [1.807, 2.05) is 0 Å². The van der Waals surface area contributed by atoms with E-state index in [4.69, 9.17) is 5.84 Å². The van der Waals surface area contributed by atoms with Crippen molar-refractivity contribution in [1.82, 2.24) is 10.3 Å². The van der Waals surface area contributed by atoms with Crippen LogP contribution < -0.4 is 11.3 Å². The molecule has 1 aliphatic carbocycles. The van der Waals surface area contributed by atoms with Gasteiger partial charge in [-0.1, -0.05) is 6.92 Å². The standard InChI is InChI=1S/C9H19N3O/c1-7-5-8(7)6-12(2)4-3-9(13)11-10/h7-8H,3-6,10H2,1-2H3,(H,11,13). The number of nitrogens with two attached hydrogens (primary N) is 1. The first-order valence-corrected chi connectivity index (χ1v) is 4.81. The summed E-state index contributed by atoms with van der Waals surface area (Å²) in [5.74, 6) is 6.62. The number of hydrogen-bond acceptors (Lipinski definition) is 3. The first kappa shape index (κ1) is 10.5. The lowest BCUT2D eigenvalue weighted by Crippen LogP contribution is -2.33. The van der Waals surface area contributed by atoms with Gasteiger partial charge in [-0.25, -0.2) is 5.84 Å². The van der Waals surface area contributed by atoms with Gasteiger partial charge >= 0.3 is 0 Å². The summed E-state index contributed by atoms with van der Waals surface area (Å²) in [5, 5.41) is 0. The van der Waals surface area contributed by atoms with Crippen LogP contribution in [-0.4, -0.2) is 30.9 Å². The molecule has 0 heterocycles. The maximum absolute atomic E-state index is 10.8. The number of nitrogens with zero attached hydrogens (tertiary/aromatic N) is 1. The topological polar surface area (TPSA) is 58.4 Å². The number of amides is 1. The molecule has 4 heteroatoms. The highest BCUT2D eigenvalue weighted by Crippen LogP contribution is 2.37. The van der Waals surface area contributed by atoms with Crippen LogP contribution in [0.1, 0.15) is 19.8 Å². The SMILES string of the molecule is CC1CC1CN(C)CCC(=O)NN. The van der Waals surface area contributed by atoms with Crippen molar-refractivity contribution < 1.29 is 4.79 Å². The van der Waals surface area contributed by atoms with Gasteiger partial charge in [0.05, 0.1) is 0 Å². The average Bonchev–Trinajstić information content (AvgIpc) is 2.77. The maximum atomic E-state index is 10.8. The number of carbonyl (C=O) groups excluding carboxylic acids is 1. The van der Waals surface area contributed by atoms with Crippen LogP contribution in [0.2, 0.25) is 0 Å². The van der Waals surface area contributed by atoms with Crippen LogP contribution in [0.4, 0.5) is 0 Å². The van der Waals surface area contributed by atoms with Gasteiger partial charge in [0.2, 0.25) is 5.91 Å². The van der Waals surface area contributed by atoms with Gasteiger partial charge in [-0.2, -0.15) is 0 Å². The van der Waals surface area contributed by atoms with E-state index < -0.39 is 0 Å². The minimum absolute atomic E-state index is 0.0873. The Kier molecular flexibility index (Phi) is 3.69. The number of hydrazine groups is 1. The minimum atomic E-state index is -0.0873. The third-order valence-electron chi connectivity index (χ3n) is 2.70. The van der Waals surface area contributed by atoms with E-state index in [0.717, 1.165) is 24.9 Å². The summed E-state index contributed by atoms with van der Waals surface area (Å²) in [5.41, 5.74) is 2.13. The van der Waals surface area contributed by atoms with Crippen molar-refractivity contribution in [3.63, 3.8) is 0 Å². The van der Waals surface area contributed by atoms with E-state index in [-0.39, 0.29) is 5.91 Å². The van der Waals surface area contributed by atoms with E-state index >= 15 is 0 Å². The van der Waals surface area contributed by atoms with Crippen LogP contribution in [0.5, 0.6) is 0 Å². The predicted molar refractivity (Wildman–Crippen MR) is 51.7 cm³/mol. The first-order valence-electron chi connectivity index (χ1n) is 4.81. The summed E-state index contributed by atoms with van der Waals surface area (Å²) in [4.78, 5) is 13.0. The van der Waals surface area contributed by atoms with Gasteiger partial charge in [0.25, 0.3) is 0 Å². The Bertz CT molecular complexity index is 184. The van der Waals surface area contributed by atoms with Crippen LogP contribution in [0.15, 0.2) is 0 Å². The maximum Gasteiger partial charge on any atom is 0.235 e. The van der Waals surface area contributed by atoms with Crippen molar-refractivity contribution in [2.24, 2.45) is 17.7 Å². The molecule has 76 valence electrons. The van der Waals surface area contributed by atoms with Crippen LogP contribution in [0, 0.1) is 11.8 Å². The summed E-state index contributed by atoms with van der Waals surface area (Å²) in [6.45, 7) is 4.18. The third kappa shape index (κ3) is 3.74. The molecule has 0 aliphatic heterocycles. The molecule has 1 fully saturated rings. The van der Waals surface area contributed by atoms with Gasteiger partial charge < -0.3 is 4.90 Å². The molecule has 0 bridgehead atoms. The van der Waals surface area contributed by atoms with E-state index in [9.17, 15) is 4.79 Å². The number of carbonyl (C=O) groups is 1. The monoisotopic (exact) mass is 185 g/mol. The van der Waals surface area contributed by atoms with Gasteiger partial charge in [-0.3, -0.25) is 10.2 Å². The van der Waals surface area contributed by atoms with E-state index in [2.05, 4.69) is 24.3 Å². The highest BCUT2D eigenvalue weighted by molar-refractivity contribution is 5.75. The van der Waals surface area contributed by atoms with Crippen LogP contribution in [0.3, 0.4) is 0 Å². The summed E-state index contributed by atoms with van der Waals surface area (Å²) in [6.07, 6.45) is 1.83. The molecule has 3 N–H and O–H groups in total. The fourth-order valence-corrected chi connectivity index (χ4v) is 1.51. The predicted octanol–water partition coefficient (Wildman–Crippen LogP) is -0.0458. The third-order valence-corrected chi connectivity index (χ3v) is 2.70. The molecule has 1 amide bonds. The van der Waals surface area contributed by atoms with Crippen LogP contribution >= 0.6 is 0 Å². The molecule has 1 rings (SSSR count). The van der Waals surface area contributed by atoms with Crippen LogP contribution in [-0.2, 0) is 4.79 Å². The molecular formula is C9H19N3O. The molecule has 2 unspecified atom stereocenters. The molecule has 0 aromatic heterocycles. The van der Waals surface area contributed by atoms with E-state index in [1.165, 1.54) is 6.42 Å². The minimum Gasteiger partial charge on any atom is -0.306 e. The van der Waals surface area contributed by atoms with Gasteiger partial charge in [0.15, 0.2) is 0 Å². The average molecular weight is 185 g/mol. The Morgan fingerprint density at radius 1 is 1.69 bits per heavy atom. The molecule has 1 aliphatic rings. The molecule has 0 saturated heterocycles. The number of rotatable bonds is 5. The van der Waals surface area contributed by atoms with Gasteiger partial charge in [-0.15, -0.1) is 0 Å². The largest absolute Gasteiger partial charge is 0.306 e. The Hall–Kier alpha value is -0.610. The Balaban J connectivity index is 2.04. The van der Waals surface area contributed by atoms with Gasteiger partial charge in [0, 0.05) is 19.5 Å². The second-order valence-electron chi connectivity index (χ2n) is 4.05. The lowest BCUT2D eigenvalue weighted by molar-refractivity contribution is -0.121. The lowest BCUT2D eigenvalue weighted by Gasteiger charge is -2.15. The first-order chi connectivity index (χ1) is 6.13. The molecule has 0 aromatic rings. The zero-order valence-electron chi connectivity index (χ0n) is 8.42. The molecule has 1 saturated carbocycles. The Morgan fingerprint density at radius 3 is 2.77 bits per heavy atom. The summed E-state index contributed by atoms with van der Waals surface area (Å²) >= 11 is 0. The molecule has 2 atom stereocenters. The van der Waals surface area contributed by atoms with E-state index in [0.29, 0.717) is 6.42 Å². The number of nitrogens with one attached hydrogen (secondary N) is 1. The number of hydrogen-bond donors (Lipinski definition) is 2. The van der Waals surface area contributed by atoms with Crippen molar-refractivity contribution in [1.29, 1.82) is 0 Å². The van der Waals surface area contributed by atoms with Crippen LogP contribution in [0.25, 0.3) is 0 Å². The zero-order valence-corrected chi connectivity index (χ0v) is 8.42. The Morgan fingerprint density at radius 2 is 2.31 bits per heavy atom. The van der Waals surface area contributed by atoms with Crippen molar-refractivity contribution in [2.75, 3.05) is 20.1 Å². The van der Waals surface area contributed by atoms with Crippen molar-refractivity contribution in [2.45, 2.75) is 19.8 Å². The smallest absolute Gasteiger partial charge is 0.235 e. The normalized spacial score (nSPS) is 26.2. The highest BCUT2D eigenvalue weighted by Gasteiger charge is 2.32.